The average Bonchev–Trinajstić information content (AvgIpc) is 2.66. The van der Waals surface area contributed by atoms with Gasteiger partial charge in [0.05, 0.1) is 5.69 Å². The Kier molecular flexibility index (Phi) is 2.81. The molecule has 0 radical (unpaired) electrons. The maximum absolute atomic E-state index is 10.6. The van der Waals surface area contributed by atoms with Crippen LogP contribution in [0.4, 0.5) is 0 Å². The monoisotopic (exact) mass is 257 g/mol. The smallest absolute Gasteiger partial charge is 0.328 e. The number of hydrogen-bond donors (Lipinski definition) is 2. The van der Waals surface area contributed by atoms with Crippen LogP contribution < -0.4 is 0 Å². The summed E-state index contributed by atoms with van der Waals surface area (Å²) in [5.74, 6) is 0.287. The van der Waals surface area contributed by atoms with E-state index in [1.807, 2.05) is 6.92 Å². The first-order valence-corrected chi connectivity index (χ1v) is 6.42. The van der Waals surface area contributed by atoms with Gasteiger partial charge in [0.25, 0.3) is 0 Å². The minimum atomic E-state index is -0.951. The predicted molar refractivity (Wildman–Crippen MR) is 71.9 cm³/mol. The number of carboxylic acid groups (broad SMARTS) is 1. The van der Waals surface area contributed by atoms with Crippen LogP contribution in [0, 0.1) is 6.92 Å². The molecule has 1 saturated carbocycles. The summed E-state index contributed by atoms with van der Waals surface area (Å²) < 4.78 is 0. The molecule has 1 aliphatic rings. The van der Waals surface area contributed by atoms with Crippen molar-refractivity contribution in [2.45, 2.75) is 32.1 Å². The van der Waals surface area contributed by atoms with Gasteiger partial charge < -0.3 is 10.1 Å². The summed E-state index contributed by atoms with van der Waals surface area (Å²) in [6, 6.07) is 0. The fraction of sp³-hybridized carbons (Fsp3) is 0.357. The summed E-state index contributed by atoms with van der Waals surface area (Å²) in [6.45, 7) is 1.88. The number of carboxylic acids is 1. The average molecular weight is 257 g/mol. The highest BCUT2D eigenvalue weighted by Crippen LogP contribution is 2.39. The fourth-order valence-corrected chi connectivity index (χ4v) is 2.47. The van der Waals surface area contributed by atoms with Gasteiger partial charge in [0.1, 0.15) is 11.5 Å². The Morgan fingerprint density at radius 2 is 2.26 bits per heavy atom. The molecular formula is C14H15N3O2. The minimum Gasteiger partial charge on any atom is -0.478 e. The lowest BCUT2D eigenvalue weighted by Crippen LogP contribution is -2.12. The molecule has 0 atom stereocenters. The number of nitrogens with zero attached hydrogens (tertiary/aromatic N) is 2. The van der Waals surface area contributed by atoms with Crippen LogP contribution in [0.1, 0.15) is 42.3 Å². The van der Waals surface area contributed by atoms with E-state index in [9.17, 15) is 4.79 Å². The molecule has 0 spiro atoms. The standard InChI is InChI=1S/C14H15N3O2/c1-8-16-13(9-3-2-4-9)12-10(5-6-11(18)19)7-15-14(12)17-8/h5-7,9H,2-4H2,1H3,(H,18,19)(H,15,16,17)/b6-5+. The van der Waals surface area contributed by atoms with Gasteiger partial charge in [-0.25, -0.2) is 14.8 Å². The van der Waals surface area contributed by atoms with E-state index in [0.717, 1.165) is 47.0 Å². The second-order valence-electron chi connectivity index (χ2n) is 4.92. The fourth-order valence-electron chi connectivity index (χ4n) is 2.47. The second-order valence-corrected chi connectivity index (χ2v) is 4.92. The molecule has 2 aromatic heterocycles. The van der Waals surface area contributed by atoms with Crippen molar-refractivity contribution in [2.24, 2.45) is 0 Å². The predicted octanol–water partition coefficient (Wildman–Crippen LogP) is 2.63. The van der Waals surface area contributed by atoms with Crippen molar-refractivity contribution >= 4 is 23.1 Å². The Morgan fingerprint density at radius 1 is 1.47 bits per heavy atom. The first kappa shape index (κ1) is 11.9. The maximum atomic E-state index is 10.6. The van der Waals surface area contributed by atoms with Crippen LogP contribution in [0.5, 0.6) is 0 Å². The number of carbonyl (C=O) groups is 1. The molecule has 5 nitrogen and oxygen atoms in total. The first-order valence-electron chi connectivity index (χ1n) is 6.42. The molecule has 0 amide bonds. The van der Waals surface area contributed by atoms with Gasteiger partial charge in [-0.1, -0.05) is 6.42 Å². The quantitative estimate of drug-likeness (QED) is 0.828. The summed E-state index contributed by atoms with van der Waals surface area (Å²) in [5, 5.41) is 9.70. The summed E-state index contributed by atoms with van der Waals surface area (Å²) >= 11 is 0. The summed E-state index contributed by atoms with van der Waals surface area (Å²) in [6.07, 6.45) is 8.08. The topological polar surface area (TPSA) is 78.9 Å². The molecule has 0 bridgehead atoms. The van der Waals surface area contributed by atoms with E-state index in [-0.39, 0.29) is 0 Å². The maximum Gasteiger partial charge on any atom is 0.328 e. The lowest BCUT2D eigenvalue weighted by atomic mass is 9.81. The van der Waals surface area contributed by atoms with Crippen molar-refractivity contribution in [3.63, 3.8) is 0 Å². The van der Waals surface area contributed by atoms with Crippen LogP contribution in [-0.2, 0) is 4.79 Å². The molecule has 1 fully saturated rings. The number of aliphatic carboxylic acids is 1. The van der Waals surface area contributed by atoms with Gasteiger partial charge in [-0.2, -0.15) is 0 Å². The third-order valence-corrected chi connectivity index (χ3v) is 3.60. The van der Waals surface area contributed by atoms with Crippen LogP contribution in [-0.4, -0.2) is 26.0 Å². The Balaban J connectivity index is 2.16. The minimum absolute atomic E-state index is 0.483. The zero-order chi connectivity index (χ0) is 13.4. The molecule has 2 N–H and O–H groups in total. The molecule has 98 valence electrons. The highest BCUT2D eigenvalue weighted by atomic mass is 16.4. The Morgan fingerprint density at radius 3 is 2.89 bits per heavy atom. The highest BCUT2D eigenvalue weighted by Gasteiger charge is 2.25. The number of aryl methyl sites for hydroxylation is 1. The van der Waals surface area contributed by atoms with Gasteiger partial charge in [-0.15, -0.1) is 0 Å². The molecule has 19 heavy (non-hydrogen) atoms. The Labute approximate surface area is 110 Å². The zero-order valence-corrected chi connectivity index (χ0v) is 10.7. The number of fused-ring (bicyclic) bond motifs is 1. The number of hydrogen-bond acceptors (Lipinski definition) is 3. The van der Waals surface area contributed by atoms with Crippen LogP contribution in [0.2, 0.25) is 0 Å². The normalized spacial score (nSPS) is 16.1. The Bertz CT molecular complexity index is 669. The summed E-state index contributed by atoms with van der Waals surface area (Å²) in [4.78, 5) is 22.7. The summed E-state index contributed by atoms with van der Waals surface area (Å²) in [5.41, 5.74) is 2.69. The Hall–Kier alpha value is -2.17. The number of aromatic nitrogens is 3. The van der Waals surface area contributed by atoms with Crippen molar-refractivity contribution in [3.05, 3.63) is 29.4 Å². The van der Waals surface area contributed by atoms with Gasteiger partial charge in [-0.05, 0) is 25.8 Å². The van der Waals surface area contributed by atoms with E-state index in [2.05, 4.69) is 15.0 Å². The first-order chi connectivity index (χ1) is 9.15. The zero-order valence-electron chi connectivity index (χ0n) is 10.7. The van der Waals surface area contributed by atoms with Crippen molar-refractivity contribution in [1.82, 2.24) is 15.0 Å². The second kappa shape index (κ2) is 4.50. The lowest BCUT2D eigenvalue weighted by molar-refractivity contribution is -0.131. The van der Waals surface area contributed by atoms with E-state index < -0.39 is 5.97 Å². The van der Waals surface area contributed by atoms with E-state index in [1.165, 1.54) is 6.42 Å². The summed E-state index contributed by atoms with van der Waals surface area (Å²) in [7, 11) is 0. The van der Waals surface area contributed by atoms with Crippen LogP contribution >= 0.6 is 0 Å². The van der Waals surface area contributed by atoms with Crippen LogP contribution in [0.25, 0.3) is 17.1 Å². The number of aromatic amines is 1. The highest BCUT2D eigenvalue weighted by molar-refractivity contribution is 5.93. The van der Waals surface area contributed by atoms with E-state index in [0.29, 0.717) is 5.92 Å². The third-order valence-electron chi connectivity index (χ3n) is 3.60. The molecule has 5 heteroatoms. The molecule has 0 saturated heterocycles. The molecule has 0 aromatic carbocycles. The molecule has 0 unspecified atom stereocenters. The van der Waals surface area contributed by atoms with Gasteiger partial charge in [0.2, 0.25) is 0 Å². The molecular weight excluding hydrogens is 242 g/mol. The lowest BCUT2D eigenvalue weighted by Gasteiger charge is -2.25. The number of nitrogens with one attached hydrogen (secondary N) is 1. The van der Waals surface area contributed by atoms with Crippen molar-refractivity contribution in [1.29, 1.82) is 0 Å². The third kappa shape index (κ3) is 2.12. The van der Waals surface area contributed by atoms with Gasteiger partial charge in [0, 0.05) is 29.1 Å². The van der Waals surface area contributed by atoms with Gasteiger partial charge >= 0.3 is 5.97 Å². The molecule has 1 aliphatic carbocycles. The van der Waals surface area contributed by atoms with Crippen LogP contribution in [0.15, 0.2) is 12.3 Å². The number of H-pyrrole nitrogens is 1. The van der Waals surface area contributed by atoms with Crippen molar-refractivity contribution in [3.8, 4) is 0 Å². The largest absolute Gasteiger partial charge is 0.478 e. The van der Waals surface area contributed by atoms with Crippen LogP contribution in [0.3, 0.4) is 0 Å². The van der Waals surface area contributed by atoms with E-state index in [1.54, 1.807) is 12.3 Å². The molecule has 2 aromatic rings. The van der Waals surface area contributed by atoms with E-state index in [4.69, 9.17) is 5.11 Å². The SMILES string of the molecule is Cc1nc(C2CCC2)c2c(/C=C/C(=O)O)c[nH]c2n1. The molecule has 3 rings (SSSR count). The molecule has 0 aliphatic heterocycles. The van der Waals surface area contributed by atoms with E-state index >= 15 is 0 Å². The van der Waals surface area contributed by atoms with Gasteiger partial charge in [-0.3, -0.25) is 0 Å². The van der Waals surface area contributed by atoms with Crippen molar-refractivity contribution in [2.75, 3.05) is 0 Å². The van der Waals surface area contributed by atoms with Crippen molar-refractivity contribution < 1.29 is 9.90 Å². The number of rotatable bonds is 3. The van der Waals surface area contributed by atoms with Gasteiger partial charge in [0.15, 0.2) is 0 Å². The molecule has 2 heterocycles.